The Labute approximate surface area is 88.8 Å². The zero-order valence-corrected chi connectivity index (χ0v) is 8.84. The summed E-state index contributed by atoms with van der Waals surface area (Å²) in [6, 6.07) is 2.97. The van der Waals surface area contributed by atoms with Crippen molar-refractivity contribution in [1.82, 2.24) is 4.57 Å². The van der Waals surface area contributed by atoms with Gasteiger partial charge in [0.05, 0.1) is 12.7 Å². The van der Waals surface area contributed by atoms with Crippen molar-refractivity contribution in [3.05, 3.63) is 34.7 Å². The molecule has 0 aliphatic rings. The molecule has 1 rings (SSSR count). The third kappa shape index (κ3) is 3.49. The average molecular weight is 211 g/mol. The first-order valence-corrected chi connectivity index (χ1v) is 5.12. The van der Waals surface area contributed by atoms with Crippen LogP contribution in [0.2, 0.25) is 0 Å². The standard InChI is InChI=1S/C11H17NO3/c1-2-9(11(15)8-13)7-12-5-3-10(14)4-6-12/h3-6,9,11,13,15H,2,7-8H2,1H3. The summed E-state index contributed by atoms with van der Waals surface area (Å²) in [5.41, 5.74) is -0.0259. The van der Waals surface area contributed by atoms with E-state index in [0.29, 0.717) is 6.54 Å². The molecule has 0 bridgehead atoms. The fourth-order valence-electron chi connectivity index (χ4n) is 1.51. The molecule has 0 saturated heterocycles. The second kappa shape index (κ2) is 5.68. The molecular weight excluding hydrogens is 194 g/mol. The highest BCUT2D eigenvalue weighted by atomic mass is 16.3. The molecule has 0 fully saturated rings. The molecule has 1 heterocycles. The Morgan fingerprint density at radius 1 is 1.40 bits per heavy atom. The predicted molar refractivity (Wildman–Crippen MR) is 57.6 cm³/mol. The van der Waals surface area contributed by atoms with Gasteiger partial charge in [-0.1, -0.05) is 6.92 Å². The highest BCUT2D eigenvalue weighted by molar-refractivity contribution is 4.94. The molecular formula is C11H17NO3. The van der Waals surface area contributed by atoms with E-state index in [1.54, 1.807) is 12.4 Å². The van der Waals surface area contributed by atoms with Crippen molar-refractivity contribution in [2.45, 2.75) is 26.0 Å². The fourth-order valence-corrected chi connectivity index (χ4v) is 1.51. The Hall–Kier alpha value is -1.13. The maximum absolute atomic E-state index is 10.9. The van der Waals surface area contributed by atoms with Gasteiger partial charge < -0.3 is 14.8 Å². The van der Waals surface area contributed by atoms with Crippen molar-refractivity contribution in [2.75, 3.05) is 6.61 Å². The first-order valence-electron chi connectivity index (χ1n) is 5.12. The van der Waals surface area contributed by atoms with Crippen molar-refractivity contribution in [1.29, 1.82) is 0 Å². The lowest BCUT2D eigenvalue weighted by molar-refractivity contribution is 0.0387. The van der Waals surface area contributed by atoms with Crippen molar-refractivity contribution in [3.8, 4) is 0 Å². The molecule has 0 aromatic carbocycles. The molecule has 4 heteroatoms. The number of aliphatic hydroxyl groups is 2. The minimum Gasteiger partial charge on any atom is -0.394 e. The zero-order valence-electron chi connectivity index (χ0n) is 8.84. The Morgan fingerprint density at radius 2 is 2.00 bits per heavy atom. The summed E-state index contributed by atoms with van der Waals surface area (Å²) in [6.45, 7) is 2.35. The van der Waals surface area contributed by atoms with Crippen LogP contribution in [-0.4, -0.2) is 27.5 Å². The number of aromatic nitrogens is 1. The molecule has 4 nitrogen and oxygen atoms in total. The van der Waals surface area contributed by atoms with Crippen LogP contribution in [0.15, 0.2) is 29.3 Å². The van der Waals surface area contributed by atoms with E-state index in [2.05, 4.69) is 0 Å². The molecule has 84 valence electrons. The van der Waals surface area contributed by atoms with Gasteiger partial charge in [0.25, 0.3) is 0 Å². The second-order valence-electron chi connectivity index (χ2n) is 3.65. The largest absolute Gasteiger partial charge is 0.394 e. The Morgan fingerprint density at radius 3 is 2.47 bits per heavy atom. The monoisotopic (exact) mass is 211 g/mol. The van der Waals surface area contributed by atoms with E-state index in [4.69, 9.17) is 5.11 Å². The van der Waals surface area contributed by atoms with Crippen molar-refractivity contribution < 1.29 is 10.2 Å². The maximum Gasteiger partial charge on any atom is 0.181 e. The van der Waals surface area contributed by atoms with Gasteiger partial charge in [-0.3, -0.25) is 4.79 Å². The molecule has 0 saturated carbocycles. The van der Waals surface area contributed by atoms with Crippen LogP contribution < -0.4 is 5.43 Å². The molecule has 0 aliphatic heterocycles. The molecule has 0 spiro atoms. The van der Waals surface area contributed by atoms with Gasteiger partial charge in [0.2, 0.25) is 0 Å². The topological polar surface area (TPSA) is 62.5 Å². The molecule has 2 atom stereocenters. The minimum atomic E-state index is -0.700. The summed E-state index contributed by atoms with van der Waals surface area (Å²) in [5, 5.41) is 18.4. The van der Waals surface area contributed by atoms with E-state index < -0.39 is 6.10 Å². The lowest BCUT2D eigenvalue weighted by Gasteiger charge is -2.20. The summed E-state index contributed by atoms with van der Waals surface area (Å²) in [5.74, 6) is 0.0116. The predicted octanol–water partition coefficient (Wildman–Crippen LogP) is 0.228. The van der Waals surface area contributed by atoms with E-state index in [9.17, 15) is 9.90 Å². The fraction of sp³-hybridized carbons (Fsp3) is 0.545. The average Bonchev–Trinajstić information content (AvgIpc) is 2.27. The summed E-state index contributed by atoms with van der Waals surface area (Å²) in [4.78, 5) is 10.9. The van der Waals surface area contributed by atoms with Crippen LogP contribution in [0.5, 0.6) is 0 Å². The van der Waals surface area contributed by atoms with Gasteiger partial charge in [-0.05, 0) is 6.42 Å². The van der Waals surface area contributed by atoms with Gasteiger partial charge in [-0.2, -0.15) is 0 Å². The third-order valence-electron chi connectivity index (χ3n) is 2.56. The molecule has 0 aliphatic carbocycles. The molecule has 0 radical (unpaired) electrons. The molecule has 0 amide bonds. The summed E-state index contributed by atoms with van der Waals surface area (Å²) >= 11 is 0. The number of nitrogens with zero attached hydrogens (tertiary/aromatic N) is 1. The summed E-state index contributed by atoms with van der Waals surface area (Å²) < 4.78 is 1.84. The third-order valence-corrected chi connectivity index (χ3v) is 2.56. The molecule has 2 N–H and O–H groups in total. The molecule has 1 aromatic rings. The van der Waals surface area contributed by atoms with E-state index in [-0.39, 0.29) is 18.0 Å². The Bertz CT molecular complexity index is 327. The highest BCUT2D eigenvalue weighted by Crippen LogP contribution is 2.11. The van der Waals surface area contributed by atoms with Crippen molar-refractivity contribution >= 4 is 0 Å². The normalized spacial score (nSPS) is 14.9. The van der Waals surface area contributed by atoms with E-state index in [1.165, 1.54) is 12.1 Å². The smallest absolute Gasteiger partial charge is 0.181 e. The van der Waals surface area contributed by atoms with Crippen molar-refractivity contribution in [2.24, 2.45) is 5.92 Å². The van der Waals surface area contributed by atoms with Gasteiger partial charge in [-0.15, -0.1) is 0 Å². The number of pyridine rings is 1. The first kappa shape index (κ1) is 11.9. The molecule has 15 heavy (non-hydrogen) atoms. The van der Waals surface area contributed by atoms with Crippen LogP contribution in [0, 0.1) is 5.92 Å². The Balaban J connectivity index is 2.66. The van der Waals surface area contributed by atoms with E-state index in [0.717, 1.165) is 6.42 Å². The number of rotatable bonds is 5. The molecule has 1 aromatic heterocycles. The Kier molecular flexibility index (Phi) is 4.52. The van der Waals surface area contributed by atoms with E-state index in [1.807, 2.05) is 11.5 Å². The lowest BCUT2D eigenvalue weighted by Crippen LogP contribution is -2.27. The van der Waals surface area contributed by atoms with Crippen molar-refractivity contribution in [3.63, 3.8) is 0 Å². The first-order chi connectivity index (χ1) is 7.17. The number of aliphatic hydroxyl groups excluding tert-OH is 2. The zero-order chi connectivity index (χ0) is 11.3. The molecule has 2 unspecified atom stereocenters. The highest BCUT2D eigenvalue weighted by Gasteiger charge is 2.16. The van der Waals surface area contributed by atoms with Crippen LogP contribution >= 0.6 is 0 Å². The minimum absolute atomic E-state index is 0.0116. The number of hydrogen-bond acceptors (Lipinski definition) is 3. The number of hydrogen-bond donors (Lipinski definition) is 2. The van der Waals surface area contributed by atoms with Gasteiger partial charge in [0, 0.05) is 37.0 Å². The quantitative estimate of drug-likeness (QED) is 0.732. The van der Waals surface area contributed by atoms with Gasteiger partial charge in [0.1, 0.15) is 0 Å². The van der Waals surface area contributed by atoms with Crippen LogP contribution in [0.3, 0.4) is 0 Å². The maximum atomic E-state index is 10.9. The van der Waals surface area contributed by atoms with Crippen LogP contribution in [-0.2, 0) is 6.54 Å². The van der Waals surface area contributed by atoms with Gasteiger partial charge >= 0.3 is 0 Å². The lowest BCUT2D eigenvalue weighted by atomic mass is 10.00. The van der Waals surface area contributed by atoms with E-state index >= 15 is 0 Å². The SMILES string of the molecule is CCC(Cn1ccc(=O)cc1)C(O)CO. The van der Waals surface area contributed by atoms with Crippen LogP contribution in [0.1, 0.15) is 13.3 Å². The van der Waals surface area contributed by atoms with Crippen LogP contribution in [0.25, 0.3) is 0 Å². The second-order valence-corrected chi connectivity index (χ2v) is 3.65. The summed E-state index contributed by atoms with van der Waals surface area (Å²) in [7, 11) is 0. The summed E-state index contributed by atoms with van der Waals surface area (Å²) in [6.07, 6.45) is 3.47. The van der Waals surface area contributed by atoms with Gasteiger partial charge in [-0.25, -0.2) is 0 Å². The van der Waals surface area contributed by atoms with Crippen LogP contribution in [0.4, 0.5) is 0 Å². The van der Waals surface area contributed by atoms with Gasteiger partial charge in [0.15, 0.2) is 5.43 Å².